The molecule has 2 atom stereocenters. The molecule has 0 spiro atoms. The summed E-state index contributed by atoms with van der Waals surface area (Å²) in [4.78, 5) is 10.5. The number of ether oxygens (including phenoxy) is 1. The molecule has 8 nitrogen and oxygen atoms in total. The molecule has 0 aliphatic carbocycles. The largest absolute Gasteiger partial charge is 0.493 e. The Balaban J connectivity index is 1.47. The maximum absolute atomic E-state index is 13.6. The Labute approximate surface area is 207 Å². The van der Waals surface area contributed by atoms with Gasteiger partial charge in [0.1, 0.15) is 17.9 Å². The average molecular weight is 514 g/mol. The van der Waals surface area contributed by atoms with Crippen molar-refractivity contribution in [3.05, 3.63) is 71.3 Å². The first-order chi connectivity index (χ1) is 16.9. The number of hydrogen-bond acceptors (Lipinski definition) is 8. The van der Waals surface area contributed by atoms with Crippen LogP contribution in [0.5, 0.6) is 5.75 Å². The molecule has 1 N–H and O–H groups in total. The number of likely N-dealkylation sites (tertiary alicyclic amines) is 1. The number of aliphatic imine (C=N–C) groups is 1. The van der Waals surface area contributed by atoms with Gasteiger partial charge < -0.3 is 4.74 Å². The Hall–Kier alpha value is -3.11. The highest BCUT2D eigenvalue weighted by Crippen LogP contribution is 2.44. The Morgan fingerprint density at radius 3 is 2.80 bits per heavy atom. The number of rotatable bonds is 5. The highest BCUT2D eigenvalue weighted by Gasteiger charge is 2.36. The molecule has 5 rings (SSSR count). The number of anilines is 1. The second-order valence-electron chi connectivity index (χ2n) is 8.40. The summed E-state index contributed by atoms with van der Waals surface area (Å²) in [5, 5.41) is 0.205. The highest BCUT2D eigenvalue weighted by molar-refractivity contribution is 7.93. The average Bonchev–Trinajstić information content (AvgIpc) is 3.36. The van der Waals surface area contributed by atoms with Crippen molar-refractivity contribution in [2.45, 2.75) is 36.2 Å². The summed E-state index contributed by atoms with van der Waals surface area (Å²) >= 11 is 0.968. The normalized spacial score (nSPS) is 20.5. The second kappa shape index (κ2) is 9.87. The van der Waals surface area contributed by atoms with Gasteiger partial charge in [-0.25, -0.2) is 22.8 Å². The molecule has 2 aliphatic heterocycles. The minimum absolute atomic E-state index is 0.0204. The van der Waals surface area contributed by atoms with E-state index >= 15 is 0 Å². The lowest BCUT2D eigenvalue weighted by Crippen LogP contribution is -2.39. The van der Waals surface area contributed by atoms with Gasteiger partial charge in [-0.2, -0.15) is 4.37 Å². The van der Waals surface area contributed by atoms with Gasteiger partial charge in [0.2, 0.25) is 5.13 Å². The quantitative estimate of drug-likeness (QED) is 0.509. The SMILES string of the molecule is CN=C=C1CCN([C@H]2CCOc3cc(S(=O)(=O)Nc4ncns4)ccc32)[C@@H](c2ccc(F)cc2)C1. The van der Waals surface area contributed by atoms with Gasteiger partial charge in [-0.3, -0.25) is 9.62 Å². The van der Waals surface area contributed by atoms with E-state index in [1.807, 2.05) is 18.2 Å². The fourth-order valence-electron chi connectivity index (χ4n) is 4.75. The number of nitrogens with one attached hydrogen (secondary N) is 1. The first kappa shape index (κ1) is 23.6. The molecule has 182 valence electrons. The summed E-state index contributed by atoms with van der Waals surface area (Å²) in [5.74, 6) is 3.40. The van der Waals surface area contributed by atoms with Crippen LogP contribution in [-0.4, -0.2) is 48.7 Å². The van der Waals surface area contributed by atoms with E-state index in [1.54, 1.807) is 19.2 Å². The Morgan fingerprint density at radius 1 is 1.23 bits per heavy atom. The minimum atomic E-state index is -3.82. The molecule has 2 aliphatic rings. The zero-order valence-corrected chi connectivity index (χ0v) is 20.7. The first-order valence-corrected chi connectivity index (χ1v) is 13.5. The van der Waals surface area contributed by atoms with E-state index < -0.39 is 10.0 Å². The van der Waals surface area contributed by atoms with Crippen LogP contribution in [0, 0.1) is 5.82 Å². The first-order valence-electron chi connectivity index (χ1n) is 11.2. The maximum atomic E-state index is 13.6. The summed E-state index contributed by atoms with van der Waals surface area (Å²) in [6.07, 6.45) is 3.64. The number of aromatic nitrogens is 2. The molecule has 35 heavy (non-hydrogen) atoms. The Kier molecular flexibility index (Phi) is 6.66. The molecule has 11 heteroatoms. The number of benzene rings is 2. The standard InChI is InChI=1S/C24H24FN5O3S2/c1-26-14-16-8-10-30(22(12-16)17-2-4-18(25)5-3-17)21-9-11-33-23-13-19(6-7-20(21)23)35(31,32)29-24-27-15-28-34-24/h2-7,13,15,21-22H,8-12H2,1H3,(H,27,28,29)/t21-,22+/m0/s1. The van der Waals surface area contributed by atoms with Crippen molar-refractivity contribution in [3.63, 3.8) is 0 Å². The van der Waals surface area contributed by atoms with Gasteiger partial charge in [0.15, 0.2) is 0 Å². The third-order valence-corrected chi connectivity index (χ3v) is 8.37. The number of fused-ring (bicyclic) bond motifs is 1. The molecule has 1 fully saturated rings. The molecule has 0 radical (unpaired) electrons. The predicted molar refractivity (Wildman–Crippen MR) is 132 cm³/mol. The highest BCUT2D eigenvalue weighted by atomic mass is 32.2. The van der Waals surface area contributed by atoms with E-state index in [2.05, 4.69) is 29.8 Å². The molecule has 3 heterocycles. The van der Waals surface area contributed by atoms with Crippen LogP contribution in [-0.2, 0) is 10.0 Å². The molecular weight excluding hydrogens is 489 g/mol. The van der Waals surface area contributed by atoms with Crippen molar-refractivity contribution < 1.29 is 17.5 Å². The molecule has 0 unspecified atom stereocenters. The molecule has 2 aromatic carbocycles. The van der Waals surface area contributed by atoms with Crippen LogP contribution in [0.3, 0.4) is 0 Å². The molecule has 3 aromatic rings. The molecule has 1 aromatic heterocycles. The van der Waals surface area contributed by atoms with Crippen molar-refractivity contribution in [2.75, 3.05) is 24.9 Å². The molecule has 0 bridgehead atoms. The number of sulfonamides is 1. The molecule has 1 saturated heterocycles. The number of piperidine rings is 1. The van der Waals surface area contributed by atoms with Crippen LogP contribution in [0.15, 0.2) is 64.3 Å². The van der Waals surface area contributed by atoms with E-state index in [0.717, 1.165) is 54.0 Å². The van der Waals surface area contributed by atoms with Gasteiger partial charge in [0.25, 0.3) is 10.0 Å². The maximum Gasteiger partial charge on any atom is 0.263 e. The van der Waals surface area contributed by atoms with Gasteiger partial charge in [-0.1, -0.05) is 18.2 Å². The zero-order valence-electron chi connectivity index (χ0n) is 19.0. The van der Waals surface area contributed by atoms with Crippen molar-refractivity contribution >= 4 is 32.6 Å². The summed E-state index contributed by atoms with van der Waals surface area (Å²) in [6.45, 7) is 1.25. The van der Waals surface area contributed by atoms with E-state index in [-0.39, 0.29) is 27.9 Å². The lowest BCUT2D eigenvalue weighted by Gasteiger charge is -2.44. The van der Waals surface area contributed by atoms with Gasteiger partial charge in [0, 0.05) is 55.3 Å². The Bertz CT molecular complexity index is 1370. The van der Waals surface area contributed by atoms with Crippen molar-refractivity contribution in [1.82, 2.24) is 14.3 Å². The Morgan fingerprint density at radius 2 is 2.06 bits per heavy atom. The summed E-state index contributed by atoms with van der Waals surface area (Å²) in [6, 6.07) is 11.7. The second-order valence-corrected chi connectivity index (χ2v) is 10.9. The lowest BCUT2D eigenvalue weighted by molar-refractivity contribution is 0.0824. The zero-order chi connectivity index (χ0) is 24.4. The van der Waals surface area contributed by atoms with Crippen LogP contribution in [0.4, 0.5) is 9.52 Å². The third kappa shape index (κ3) is 4.99. The van der Waals surface area contributed by atoms with Crippen LogP contribution < -0.4 is 9.46 Å². The van der Waals surface area contributed by atoms with E-state index in [9.17, 15) is 12.8 Å². The number of halogens is 1. The van der Waals surface area contributed by atoms with E-state index in [0.29, 0.717) is 12.4 Å². The van der Waals surface area contributed by atoms with Gasteiger partial charge in [0.05, 0.1) is 11.5 Å². The summed E-state index contributed by atoms with van der Waals surface area (Å²) in [7, 11) is -2.11. The fourth-order valence-corrected chi connectivity index (χ4v) is 6.43. The topological polar surface area (TPSA) is 96.8 Å². The minimum Gasteiger partial charge on any atom is -0.493 e. The molecule has 0 saturated carbocycles. The van der Waals surface area contributed by atoms with Crippen LogP contribution >= 0.6 is 11.5 Å². The lowest BCUT2D eigenvalue weighted by atomic mass is 9.87. The molecular formula is C24H24FN5O3S2. The van der Waals surface area contributed by atoms with E-state index in [4.69, 9.17) is 4.74 Å². The van der Waals surface area contributed by atoms with Crippen LogP contribution in [0.25, 0.3) is 0 Å². The molecule has 0 amide bonds. The van der Waals surface area contributed by atoms with Crippen molar-refractivity contribution in [1.29, 1.82) is 0 Å². The van der Waals surface area contributed by atoms with Gasteiger partial charge >= 0.3 is 0 Å². The van der Waals surface area contributed by atoms with Gasteiger partial charge in [-0.15, -0.1) is 0 Å². The summed E-state index contributed by atoms with van der Waals surface area (Å²) < 4.78 is 51.5. The van der Waals surface area contributed by atoms with Crippen LogP contribution in [0.2, 0.25) is 0 Å². The van der Waals surface area contributed by atoms with Crippen molar-refractivity contribution in [3.8, 4) is 5.75 Å². The van der Waals surface area contributed by atoms with Crippen LogP contribution in [0.1, 0.15) is 42.5 Å². The van der Waals surface area contributed by atoms with Crippen molar-refractivity contribution in [2.24, 2.45) is 4.99 Å². The number of nitrogens with zero attached hydrogens (tertiary/aromatic N) is 4. The monoisotopic (exact) mass is 513 g/mol. The third-order valence-electron chi connectivity index (χ3n) is 6.32. The number of hydrogen-bond donors (Lipinski definition) is 1. The smallest absolute Gasteiger partial charge is 0.263 e. The van der Waals surface area contributed by atoms with E-state index in [1.165, 1.54) is 18.5 Å². The summed E-state index contributed by atoms with van der Waals surface area (Å²) in [5.41, 5.74) is 3.10. The predicted octanol–water partition coefficient (Wildman–Crippen LogP) is 4.36. The van der Waals surface area contributed by atoms with Gasteiger partial charge in [-0.05, 0) is 48.0 Å². The fraction of sp³-hybridized carbons (Fsp3) is 0.333.